The van der Waals surface area contributed by atoms with Crippen LogP contribution in [-0.2, 0) is 0 Å². The summed E-state index contributed by atoms with van der Waals surface area (Å²) < 4.78 is 16.0. The topological polar surface area (TPSA) is 26.3 Å². The Labute approximate surface area is 285 Å². The number of rotatable bonds is 3. The van der Waals surface area contributed by atoms with Crippen LogP contribution in [0.4, 0.5) is 0 Å². The van der Waals surface area contributed by atoms with Crippen molar-refractivity contribution in [2.75, 3.05) is 0 Å². The van der Waals surface area contributed by atoms with Crippen molar-refractivity contribution < 1.29 is 8.83 Å². The van der Waals surface area contributed by atoms with Gasteiger partial charge in [-0.05, 0) is 69.1 Å². The van der Waals surface area contributed by atoms with E-state index in [1.807, 2.05) is 29.5 Å². The van der Waals surface area contributed by atoms with Crippen LogP contribution in [0, 0.1) is 0 Å². The van der Waals surface area contributed by atoms with Crippen LogP contribution < -0.4 is 0 Å². The molecule has 0 aliphatic rings. The van der Waals surface area contributed by atoms with Gasteiger partial charge in [-0.2, -0.15) is 0 Å². The average Bonchev–Trinajstić information content (AvgIpc) is 3.87. The second-order valence-electron chi connectivity index (χ2n) is 12.8. The molecule has 3 heterocycles. The Kier molecular flexibility index (Phi) is 5.57. The van der Waals surface area contributed by atoms with Gasteiger partial charge in [-0.15, -0.1) is 11.3 Å². The van der Waals surface area contributed by atoms with Crippen molar-refractivity contribution in [3.05, 3.63) is 158 Å². The molecule has 3 heteroatoms. The quantitative estimate of drug-likeness (QED) is 0.179. The fourth-order valence-electron chi connectivity index (χ4n) is 7.93. The number of furan rings is 2. The van der Waals surface area contributed by atoms with Gasteiger partial charge in [-0.25, -0.2) is 0 Å². The summed E-state index contributed by atoms with van der Waals surface area (Å²) in [5, 5.41) is 10.6. The molecule has 2 nitrogen and oxygen atoms in total. The molecule has 0 fully saturated rings. The van der Waals surface area contributed by atoms with E-state index in [2.05, 4.69) is 140 Å². The Bertz CT molecular complexity index is 3050. The molecule has 0 atom stereocenters. The summed E-state index contributed by atoms with van der Waals surface area (Å²) in [4.78, 5) is 0. The summed E-state index contributed by atoms with van der Waals surface area (Å²) in [5.41, 5.74) is 8.36. The van der Waals surface area contributed by atoms with E-state index in [1.54, 1.807) is 0 Å². The van der Waals surface area contributed by atoms with Gasteiger partial charge in [0.1, 0.15) is 22.5 Å². The lowest BCUT2D eigenvalue weighted by molar-refractivity contribution is 0.633. The van der Waals surface area contributed by atoms with Gasteiger partial charge < -0.3 is 8.83 Å². The van der Waals surface area contributed by atoms with Crippen molar-refractivity contribution in [2.24, 2.45) is 0 Å². The molecule has 8 aromatic carbocycles. The standard InChI is InChI=1S/C46H26O2S/c1-2-11-27(12-3-1)39-26-29-21-23-38-44(45(29)48-39)36-19-10-18-35(46(36)47-38)43-33-16-6-4-14-31(33)42(32-15-5-7-17-34(32)43)28-22-24-41-37(25-28)30-13-8-9-20-40(30)49-41/h1-26H. The van der Waals surface area contributed by atoms with E-state index in [1.165, 1.54) is 58.4 Å². The van der Waals surface area contributed by atoms with E-state index in [4.69, 9.17) is 8.83 Å². The van der Waals surface area contributed by atoms with E-state index in [0.29, 0.717) is 0 Å². The maximum Gasteiger partial charge on any atom is 0.146 e. The highest BCUT2D eigenvalue weighted by Crippen LogP contribution is 2.48. The highest BCUT2D eigenvalue weighted by Gasteiger charge is 2.22. The Balaban J connectivity index is 1.20. The van der Waals surface area contributed by atoms with E-state index >= 15 is 0 Å². The average molecular weight is 643 g/mol. The first-order valence-corrected chi connectivity index (χ1v) is 17.4. The molecule has 11 rings (SSSR count). The number of thiophene rings is 1. The molecular weight excluding hydrogens is 617 g/mol. The van der Waals surface area contributed by atoms with Crippen LogP contribution in [0.5, 0.6) is 0 Å². The van der Waals surface area contributed by atoms with Crippen molar-refractivity contribution in [3.8, 4) is 33.6 Å². The van der Waals surface area contributed by atoms with E-state index in [0.717, 1.165) is 49.8 Å². The summed E-state index contributed by atoms with van der Waals surface area (Å²) in [6.45, 7) is 0. The molecule has 0 N–H and O–H groups in total. The highest BCUT2D eigenvalue weighted by molar-refractivity contribution is 7.25. The van der Waals surface area contributed by atoms with Gasteiger partial charge in [0, 0.05) is 47.6 Å². The maximum absolute atomic E-state index is 6.80. The van der Waals surface area contributed by atoms with Crippen molar-refractivity contribution in [3.63, 3.8) is 0 Å². The summed E-state index contributed by atoms with van der Waals surface area (Å²) in [7, 11) is 0. The second-order valence-corrected chi connectivity index (χ2v) is 13.9. The van der Waals surface area contributed by atoms with Crippen LogP contribution in [0.3, 0.4) is 0 Å². The van der Waals surface area contributed by atoms with Crippen molar-refractivity contribution >= 4 is 86.0 Å². The molecule has 0 bridgehead atoms. The smallest absolute Gasteiger partial charge is 0.146 e. The van der Waals surface area contributed by atoms with Crippen LogP contribution in [0.15, 0.2) is 167 Å². The van der Waals surface area contributed by atoms with Crippen molar-refractivity contribution in [1.82, 2.24) is 0 Å². The van der Waals surface area contributed by atoms with Gasteiger partial charge in [-0.1, -0.05) is 121 Å². The van der Waals surface area contributed by atoms with E-state index in [-0.39, 0.29) is 0 Å². The number of hydrogen-bond acceptors (Lipinski definition) is 3. The molecule has 49 heavy (non-hydrogen) atoms. The van der Waals surface area contributed by atoms with Crippen molar-refractivity contribution in [2.45, 2.75) is 0 Å². The van der Waals surface area contributed by atoms with Crippen LogP contribution >= 0.6 is 11.3 Å². The number of benzene rings is 8. The molecule has 0 saturated heterocycles. The Hall–Kier alpha value is -6.16. The molecule has 0 unspecified atom stereocenters. The fourth-order valence-corrected chi connectivity index (χ4v) is 9.02. The Morgan fingerprint density at radius 2 is 1.04 bits per heavy atom. The first-order chi connectivity index (χ1) is 24.3. The third-order valence-corrected chi connectivity index (χ3v) is 11.2. The summed E-state index contributed by atoms with van der Waals surface area (Å²) >= 11 is 1.86. The van der Waals surface area contributed by atoms with E-state index < -0.39 is 0 Å². The molecule has 0 radical (unpaired) electrons. The summed E-state index contributed by atoms with van der Waals surface area (Å²) in [6, 6.07) is 56.5. The second kappa shape index (κ2) is 10.2. The minimum absolute atomic E-state index is 0.824. The molecule has 3 aromatic heterocycles. The Morgan fingerprint density at radius 1 is 0.388 bits per heavy atom. The third kappa shape index (κ3) is 3.88. The SMILES string of the molecule is c1ccc(-c2cc3ccc4oc5c(-c6c7ccccc7c(-c7ccc8sc9ccccc9c8c7)c7ccccc67)cccc5c4c3o2)cc1. The monoisotopic (exact) mass is 642 g/mol. The van der Waals surface area contributed by atoms with Crippen LogP contribution in [0.25, 0.3) is 108 Å². The first-order valence-electron chi connectivity index (χ1n) is 16.6. The van der Waals surface area contributed by atoms with Crippen LogP contribution in [-0.4, -0.2) is 0 Å². The normalized spacial score (nSPS) is 12.1. The van der Waals surface area contributed by atoms with Gasteiger partial charge in [0.25, 0.3) is 0 Å². The lowest BCUT2D eigenvalue weighted by atomic mass is 9.85. The lowest BCUT2D eigenvalue weighted by Gasteiger charge is -2.18. The maximum atomic E-state index is 6.80. The first kappa shape index (κ1) is 26.9. The summed E-state index contributed by atoms with van der Waals surface area (Å²) in [6.07, 6.45) is 0. The molecule has 0 amide bonds. The molecule has 228 valence electrons. The molecular formula is C46H26O2S. The zero-order chi connectivity index (χ0) is 32.1. The van der Waals surface area contributed by atoms with Crippen molar-refractivity contribution in [1.29, 1.82) is 0 Å². The highest BCUT2D eigenvalue weighted by atomic mass is 32.1. The minimum atomic E-state index is 0.824. The third-order valence-electron chi connectivity index (χ3n) is 10.1. The van der Waals surface area contributed by atoms with Gasteiger partial charge in [0.15, 0.2) is 0 Å². The fraction of sp³-hybridized carbons (Fsp3) is 0. The predicted octanol–water partition coefficient (Wildman–Crippen LogP) is 14.0. The number of hydrogen-bond donors (Lipinski definition) is 0. The van der Waals surface area contributed by atoms with Crippen LogP contribution in [0.1, 0.15) is 0 Å². The Morgan fingerprint density at radius 3 is 1.82 bits per heavy atom. The van der Waals surface area contributed by atoms with Gasteiger partial charge in [-0.3, -0.25) is 0 Å². The summed E-state index contributed by atoms with van der Waals surface area (Å²) in [5.74, 6) is 0.856. The largest absolute Gasteiger partial charge is 0.455 e. The van der Waals surface area contributed by atoms with Gasteiger partial charge in [0.05, 0.1) is 5.39 Å². The van der Waals surface area contributed by atoms with E-state index in [9.17, 15) is 0 Å². The minimum Gasteiger partial charge on any atom is -0.455 e. The zero-order valence-corrected chi connectivity index (χ0v) is 27.1. The molecule has 0 aliphatic carbocycles. The molecule has 0 spiro atoms. The van der Waals surface area contributed by atoms with Gasteiger partial charge in [0.2, 0.25) is 0 Å². The predicted molar refractivity (Wildman–Crippen MR) is 208 cm³/mol. The number of fused-ring (bicyclic) bond motifs is 10. The molecule has 0 saturated carbocycles. The molecule has 0 aliphatic heterocycles. The lowest BCUT2D eigenvalue weighted by Crippen LogP contribution is -1.91. The zero-order valence-electron chi connectivity index (χ0n) is 26.2. The van der Waals surface area contributed by atoms with Gasteiger partial charge >= 0.3 is 0 Å². The molecule has 11 aromatic rings. The van der Waals surface area contributed by atoms with Crippen LogP contribution in [0.2, 0.25) is 0 Å². The number of para-hydroxylation sites is 1.